The van der Waals surface area contributed by atoms with Gasteiger partial charge in [0.15, 0.2) is 0 Å². The summed E-state index contributed by atoms with van der Waals surface area (Å²) in [6, 6.07) is 0. The Balaban J connectivity index is 3.02. The molecule has 0 aromatic rings. The molecule has 5 heteroatoms. The summed E-state index contributed by atoms with van der Waals surface area (Å²) in [4.78, 5) is 0. The van der Waals surface area contributed by atoms with Crippen molar-refractivity contribution in [2.45, 2.75) is 0 Å². The van der Waals surface area contributed by atoms with Crippen molar-refractivity contribution < 1.29 is 0 Å². The molecule has 0 heterocycles. The van der Waals surface area contributed by atoms with Gasteiger partial charge in [0, 0.05) is 0 Å². The van der Waals surface area contributed by atoms with Gasteiger partial charge >= 0.3 is 40.3 Å². The Labute approximate surface area is 41.2 Å². The minimum absolute atomic E-state index is 0.428. The maximum atomic E-state index is 7.79. The SMILES string of the molecule is N#C/B=N/PP. The van der Waals surface area contributed by atoms with E-state index in [4.69, 9.17) is 5.26 Å². The molecular weight excluding hydrogens is 113 g/mol. The minimum atomic E-state index is 0.428. The average Bonchev–Trinajstić information content (AvgIpc) is 1.61. The summed E-state index contributed by atoms with van der Waals surface area (Å²) < 4.78 is 3.59. The Morgan fingerprint density at radius 1 is 2.00 bits per heavy atom. The van der Waals surface area contributed by atoms with Gasteiger partial charge in [0.2, 0.25) is 0 Å². The van der Waals surface area contributed by atoms with E-state index in [0.717, 1.165) is 0 Å². The van der Waals surface area contributed by atoms with Gasteiger partial charge in [0.05, 0.1) is 0 Å². The second-order valence-electron chi connectivity index (χ2n) is 0.516. The summed E-state index contributed by atoms with van der Waals surface area (Å²) in [5.74, 6) is 1.77. The van der Waals surface area contributed by atoms with Crippen LogP contribution >= 0.6 is 17.3 Å². The second kappa shape index (κ2) is 5.21. The molecular formula is CH3BN2P2. The summed E-state index contributed by atoms with van der Waals surface area (Å²) in [6.45, 7) is 0. The van der Waals surface area contributed by atoms with E-state index in [1.165, 1.54) is 7.07 Å². The summed E-state index contributed by atoms with van der Waals surface area (Å²) in [6.07, 6.45) is 0. The topological polar surface area (TPSA) is 36.1 Å². The van der Waals surface area contributed by atoms with Gasteiger partial charge in [-0.3, -0.25) is 0 Å². The summed E-state index contributed by atoms with van der Waals surface area (Å²) in [5.41, 5.74) is 0. The quantitative estimate of drug-likeness (QED) is 0.367. The standard InChI is InChI=1S/CH3BN2P2/c3-1-2-4-6-5/h6H,5H2. The van der Waals surface area contributed by atoms with Gasteiger partial charge < -0.3 is 0 Å². The van der Waals surface area contributed by atoms with Crippen molar-refractivity contribution in [1.29, 1.82) is 5.26 Å². The predicted octanol–water partition coefficient (Wildman–Crippen LogP) is 0.739. The Morgan fingerprint density at radius 2 is 2.67 bits per heavy atom. The van der Waals surface area contributed by atoms with Crippen LogP contribution in [0.15, 0.2) is 4.67 Å². The Morgan fingerprint density at radius 3 is 2.83 bits per heavy atom. The zero-order valence-corrected chi connectivity index (χ0v) is 5.20. The van der Waals surface area contributed by atoms with E-state index >= 15 is 0 Å². The molecule has 2 nitrogen and oxygen atoms in total. The van der Waals surface area contributed by atoms with Crippen LogP contribution in [0.25, 0.3) is 0 Å². The number of rotatable bonds is 1. The van der Waals surface area contributed by atoms with E-state index < -0.39 is 0 Å². The molecule has 0 amide bonds. The molecule has 0 radical (unpaired) electrons. The predicted molar refractivity (Wildman–Crippen MR) is 31.8 cm³/mol. The Kier molecular flexibility index (Phi) is 5.40. The molecule has 0 saturated carbocycles. The fraction of sp³-hybridized carbons (Fsp3) is 0. The second-order valence-corrected chi connectivity index (χ2v) is 1.81. The van der Waals surface area contributed by atoms with Crippen molar-refractivity contribution in [3.05, 3.63) is 0 Å². The Bertz CT molecular complexity index is 84.0. The van der Waals surface area contributed by atoms with E-state index in [9.17, 15) is 0 Å². The molecule has 0 aromatic carbocycles. The van der Waals surface area contributed by atoms with Crippen LogP contribution in [0.2, 0.25) is 0 Å². The van der Waals surface area contributed by atoms with Crippen LogP contribution in [0.5, 0.6) is 0 Å². The van der Waals surface area contributed by atoms with Crippen LogP contribution in [-0.2, 0) is 0 Å². The maximum absolute atomic E-state index is 7.79. The first-order valence-electron chi connectivity index (χ1n) is 1.28. The molecule has 0 aliphatic carbocycles. The van der Waals surface area contributed by atoms with Gasteiger partial charge in [-0.15, -0.1) is 0 Å². The molecule has 0 fully saturated rings. The molecule has 0 saturated heterocycles. The third kappa shape index (κ3) is 4.21. The number of nitriles is 1. The molecule has 0 rings (SSSR count). The van der Waals surface area contributed by atoms with Crippen LogP contribution in [0.1, 0.15) is 0 Å². The summed E-state index contributed by atoms with van der Waals surface area (Å²) in [5, 5.41) is 7.79. The first-order chi connectivity index (χ1) is 2.91. The molecule has 2 unspecified atom stereocenters. The zero-order valence-electron chi connectivity index (χ0n) is 3.05. The van der Waals surface area contributed by atoms with E-state index in [-0.39, 0.29) is 0 Å². The molecule has 2 atom stereocenters. The first kappa shape index (κ1) is 6.21. The third-order valence-electron chi connectivity index (χ3n) is 0.197. The molecule has 30 valence electrons. The van der Waals surface area contributed by atoms with Gasteiger partial charge in [-0.2, -0.15) is 0 Å². The fourth-order valence-electron chi connectivity index (χ4n) is 0.0661. The van der Waals surface area contributed by atoms with Gasteiger partial charge in [-0.05, 0) is 0 Å². The number of hydrogen-bond acceptors (Lipinski definition) is 2. The number of nitrogens with zero attached hydrogens (tertiary/aromatic N) is 2. The molecule has 0 spiro atoms. The molecule has 0 bridgehead atoms. The fourth-order valence-corrected chi connectivity index (χ4v) is 0.422. The molecule has 0 aliphatic heterocycles. The van der Waals surface area contributed by atoms with Crippen LogP contribution in [-0.4, -0.2) is 7.07 Å². The molecule has 0 aromatic heterocycles. The first-order valence-corrected chi connectivity index (χ1v) is 4.04. The van der Waals surface area contributed by atoms with Crippen molar-refractivity contribution >= 4 is 24.4 Å². The molecule has 0 aliphatic rings. The van der Waals surface area contributed by atoms with E-state index in [1.807, 2.05) is 0 Å². The monoisotopic (exact) mass is 116 g/mol. The molecule has 0 N–H and O–H groups in total. The van der Waals surface area contributed by atoms with Crippen molar-refractivity contribution in [2.75, 3.05) is 0 Å². The van der Waals surface area contributed by atoms with Crippen LogP contribution < -0.4 is 0 Å². The van der Waals surface area contributed by atoms with Gasteiger partial charge in [0.25, 0.3) is 0 Å². The van der Waals surface area contributed by atoms with Crippen LogP contribution in [0.4, 0.5) is 0 Å². The zero-order chi connectivity index (χ0) is 4.83. The van der Waals surface area contributed by atoms with Crippen molar-refractivity contribution in [2.24, 2.45) is 4.67 Å². The van der Waals surface area contributed by atoms with E-state index in [0.29, 0.717) is 8.42 Å². The van der Waals surface area contributed by atoms with E-state index in [1.54, 1.807) is 5.97 Å². The van der Waals surface area contributed by atoms with Crippen molar-refractivity contribution in [3.63, 3.8) is 0 Å². The normalized spacial score (nSPS) is 9.33. The Hall–Kier alpha value is 0.215. The van der Waals surface area contributed by atoms with Gasteiger partial charge in [-0.25, -0.2) is 0 Å². The molecule has 6 heavy (non-hydrogen) atoms. The average molecular weight is 116 g/mol. The summed E-state index contributed by atoms with van der Waals surface area (Å²) >= 11 is 0. The van der Waals surface area contributed by atoms with Crippen LogP contribution in [0.3, 0.4) is 0 Å². The van der Waals surface area contributed by atoms with Gasteiger partial charge in [0.1, 0.15) is 0 Å². The van der Waals surface area contributed by atoms with E-state index in [2.05, 4.69) is 13.6 Å². The summed E-state index contributed by atoms with van der Waals surface area (Å²) in [7, 11) is 4.06. The third-order valence-corrected chi connectivity index (χ3v) is 0.922. The van der Waals surface area contributed by atoms with Crippen molar-refractivity contribution in [3.8, 4) is 5.97 Å². The van der Waals surface area contributed by atoms with Crippen LogP contribution in [0, 0.1) is 11.2 Å². The van der Waals surface area contributed by atoms with Gasteiger partial charge in [-0.1, -0.05) is 0 Å². The van der Waals surface area contributed by atoms with Crippen molar-refractivity contribution in [1.82, 2.24) is 0 Å². The number of hydrogen-bond donors (Lipinski definition) is 0.